The molecule has 1 amide bonds. The number of anilines is 2. The molecule has 35 heavy (non-hydrogen) atoms. The first-order valence-corrected chi connectivity index (χ1v) is 11.6. The Morgan fingerprint density at radius 1 is 0.943 bits per heavy atom. The average molecular weight is 505 g/mol. The van der Waals surface area contributed by atoms with E-state index in [1.165, 1.54) is 4.90 Å². The average Bonchev–Trinajstić information content (AvgIpc) is 3.54. The van der Waals surface area contributed by atoms with Gasteiger partial charge in [0, 0.05) is 11.1 Å². The second kappa shape index (κ2) is 8.37. The molecule has 174 valence electrons. The van der Waals surface area contributed by atoms with Crippen LogP contribution >= 0.6 is 23.2 Å². The summed E-state index contributed by atoms with van der Waals surface area (Å²) >= 11 is 13.0. The predicted octanol–water partition coefficient (Wildman–Crippen LogP) is 7.52. The van der Waals surface area contributed by atoms with Crippen LogP contribution in [0.25, 0.3) is 22.2 Å². The molecule has 1 atom stereocenters. The van der Waals surface area contributed by atoms with Crippen molar-refractivity contribution in [1.29, 1.82) is 0 Å². The highest BCUT2D eigenvalue weighted by molar-refractivity contribution is 6.39. The maximum atomic E-state index is 13.5. The molecule has 2 aromatic heterocycles. The zero-order valence-electron chi connectivity index (χ0n) is 18.4. The van der Waals surface area contributed by atoms with Gasteiger partial charge in [0.25, 0.3) is 0 Å². The van der Waals surface area contributed by atoms with Crippen LogP contribution in [0.5, 0.6) is 0 Å². The van der Waals surface area contributed by atoms with Gasteiger partial charge in [0.05, 0.1) is 21.4 Å². The number of amides is 1. The third-order valence-electron chi connectivity index (χ3n) is 5.95. The number of rotatable bonds is 4. The Morgan fingerprint density at radius 3 is 2.40 bits per heavy atom. The number of nitrogens with one attached hydrogen (secondary N) is 1. The molecule has 1 aliphatic heterocycles. The van der Waals surface area contributed by atoms with Crippen molar-refractivity contribution in [2.45, 2.75) is 13.1 Å². The Bertz CT molecular complexity index is 1510. The van der Waals surface area contributed by atoms with Crippen molar-refractivity contribution in [2.24, 2.45) is 0 Å². The quantitative estimate of drug-likeness (QED) is 0.274. The molecule has 3 aromatic carbocycles. The fourth-order valence-corrected chi connectivity index (χ4v) is 4.98. The predicted molar refractivity (Wildman–Crippen MR) is 136 cm³/mol. The van der Waals surface area contributed by atoms with Crippen molar-refractivity contribution >= 4 is 51.6 Å². The number of para-hydroxylation sites is 2. The van der Waals surface area contributed by atoms with Crippen LogP contribution in [-0.4, -0.2) is 16.2 Å². The van der Waals surface area contributed by atoms with E-state index in [0.717, 1.165) is 16.6 Å². The summed E-state index contributed by atoms with van der Waals surface area (Å²) in [7, 11) is 0. The van der Waals surface area contributed by atoms with Gasteiger partial charge in [-0.15, -0.1) is 0 Å². The van der Waals surface area contributed by atoms with Gasteiger partial charge < -0.3 is 14.3 Å². The van der Waals surface area contributed by atoms with Crippen LogP contribution in [0.1, 0.15) is 17.6 Å². The standard InChI is InChI=1S/C26H18Cl2N4O3/c1-15-24(23(30-34-15)22-18(27)11-7-12-19(22)28)31-25(21-14-16-8-5-6-13-20(16)29-21)32(35-26(31)33)17-9-3-2-4-10-17/h2-14,25,29H,1H3. The lowest BCUT2D eigenvalue weighted by atomic mass is 10.1. The Labute approximate surface area is 210 Å². The molecule has 1 aliphatic rings. The normalized spacial score (nSPS) is 15.7. The minimum atomic E-state index is -0.685. The zero-order chi connectivity index (χ0) is 24.1. The van der Waals surface area contributed by atoms with Crippen LogP contribution in [0.15, 0.2) is 83.4 Å². The first-order chi connectivity index (χ1) is 17.0. The minimum absolute atomic E-state index is 0.353. The molecule has 1 fully saturated rings. The summed E-state index contributed by atoms with van der Waals surface area (Å²) in [6.45, 7) is 1.73. The summed E-state index contributed by atoms with van der Waals surface area (Å²) in [4.78, 5) is 24.2. The third kappa shape index (κ3) is 3.51. The molecule has 0 radical (unpaired) electrons. The van der Waals surface area contributed by atoms with E-state index in [2.05, 4.69) is 10.1 Å². The van der Waals surface area contributed by atoms with Crippen LogP contribution in [0, 0.1) is 6.92 Å². The lowest BCUT2D eigenvalue weighted by molar-refractivity contribution is 0.164. The number of aryl methyl sites for hydroxylation is 1. The van der Waals surface area contributed by atoms with Crippen molar-refractivity contribution in [3.05, 3.63) is 100 Å². The molecule has 3 heterocycles. The summed E-state index contributed by atoms with van der Waals surface area (Å²) in [5.41, 5.74) is 3.64. The Hall–Kier alpha value is -3.94. The fraction of sp³-hybridized carbons (Fsp3) is 0.0769. The summed E-state index contributed by atoms with van der Waals surface area (Å²) in [6.07, 6.45) is -1.27. The van der Waals surface area contributed by atoms with E-state index in [9.17, 15) is 4.79 Å². The minimum Gasteiger partial charge on any atom is -0.359 e. The molecule has 7 nitrogen and oxygen atoms in total. The smallest absolute Gasteiger partial charge is 0.359 e. The maximum Gasteiger partial charge on any atom is 0.441 e. The number of hydrogen-bond donors (Lipinski definition) is 1. The van der Waals surface area contributed by atoms with Gasteiger partial charge in [-0.1, -0.05) is 70.8 Å². The largest absolute Gasteiger partial charge is 0.441 e. The molecule has 1 N–H and O–H groups in total. The van der Waals surface area contributed by atoms with Crippen LogP contribution in [0.4, 0.5) is 16.2 Å². The lowest BCUT2D eigenvalue weighted by Gasteiger charge is -2.26. The number of halogens is 2. The number of hydrogen-bond acceptors (Lipinski definition) is 5. The lowest BCUT2D eigenvalue weighted by Crippen LogP contribution is -2.32. The van der Waals surface area contributed by atoms with Crippen LogP contribution in [-0.2, 0) is 4.84 Å². The number of aromatic nitrogens is 2. The van der Waals surface area contributed by atoms with E-state index in [1.807, 2.05) is 60.7 Å². The number of carbonyl (C=O) groups excluding carboxylic acids is 1. The Morgan fingerprint density at radius 2 is 1.66 bits per heavy atom. The molecule has 0 aliphatic carbocycles. The van der Waals surface area contributed by atoms with E-state index >= 15 is 0 Å². The van der Waals surface area contributed by atoms with Gasteiger partial charge >= 0.3 is 6.09 Å². The number of hydroxylamine groups is 1. The van der Waals surface area contributed by atoms with Crippen LogP contribution < -0.4 is 9.96 Å². The first kappa shape index (κ1) is 21.6. The van der Waals surface area contributed by atoms with E-state index < -0.39 is 12.3 Å². The highest BCUT2D eigenvalue weighted by atomic mass is 35.5. The molecular weight excluding hydrogens is 487 g/mol. The van der Waals surface area contributed by atoms with Crippen molar-refractivity contribution in [3.8, 4) is 11.3 Å². The molecule has 9 heteroatoms. The summed E-state index contributed by atoms with van der Waals surface area (Å²) in [5.74, 6) is 0.420. The first-order valence-electron chi connectivity index (χ1n) is 10.9. The van der Waals surface area contributed by atoms with Gasteiger partial charge in [0.1, 0.15) is 11.4 Å². The highest BCUT2D eigenvalue weighted by Crippen LogP contribution is 2.47. The van der Waals surface area contributed by atoms with Crippen molar-refractivity contribution in [2.75, 3.05) is 9.96 Å². The highest BCUT2D eigenvalue weighted by Gasteiger charge is 2.46. The molecule has 0 bridgehead atoms. The van der Waals surface area contributed by atoms with Crippen molar-refractivity contribution in [1.82, 2.24) is 10.1 Å². The summed E-state index contributed by atoms with van der Waals surface area (Å²) in [6, 6.07) is 24.5. The summed E-state index contributed by atoms with van der Waals surface area (Å²) < 4.78 is 5.56. The van der Waals surface area contributed by atoms with Gasteiger partial charge in [-0.2, -0.15) is 5.06 Å². The van der Waals surface area contributed by atoms with Gasteiger partial charge in [0.2, 0.25) is 0 Å². The monoisotopic (exact) mass is 504 g/mol. The van der Waals surface area contributed by atoms with Gasteiger partial charge in [-0.05, 0) is 48.7 Å². The number of aromatic amines is 1. The molecular formula is C26H18Cl2N4O3. The number of nitrogens with zero attached hydrogens (tertiary/aromatic N) is 3. The maximum absolute atomic E-state index is 13.5. The Kier molecular flexibility index (Phi) is 5.16. The zero-order valence-corrected chi connectivity index (χ0v) is 19.9. The molecule has 5 aromatic rings. The number of fused-ring (bicyclic) bond motifs is 1. The van der Waals surface area contributed by atoms with E-state index in [0.29, 0.717) is 38.4 Å². The van der Waals surface area contributed by atoms with E-state index in [4.69, 9.17) is 32.6 Å². The van der Waals surface area contributed by atoms with E-state index in [-0.39, 0.29) is 0 Å². The number of benzene rings is 3. The molecule has 0 saturated carbocycles. The topological polar surface area (TPSA) is 74.6 Å². The molecule has 1 unspecified atom stereocenters. The summed E-state index contributed by atoms with van der Waals surface area (Å²) in [5, 5.41) is 7.59. The fourth-order valence-electron chi connectivity index (χ4n) is 4.40. The van der Waals surface area contributed by atoms with Crippen LogP contribution in [0.2, 0.25) is 10.0 Å². The van der Waals surface area contributed by atoms with Gasteiger partial charge in [0.15, 0.2) is 11.9 Å². The van der Waals surface area contributed by atoms with Crippen molar-refractivity contribution < 1.29 is 14.2 Å². The van der Waals surface area contributed by atoms with Crippen LogP contribution in [0.3, 0.4) is 0 Å². The molecule has 1 saturated heterocycles. The van der Waals surface area contributed by atoms with Gasteiger partial charge in [-0.3, -0.25) is 0 Å². The number of carbonyl (C=O) groups is 1. The number of H-pyrrole nitrogens is 1. The van der Waals surface area contributed by atoms with Crippen molar-refractivity contribution in [3.63, 3.8) is 0 Å². The second-order valence-electron chi connectivity index (χ2n) is 8.11. The molecule has 0 spiro atoms. The Balaban J connectivity index is 1.57. The third-order valence-corrected chi connectivity index (χ3v) is 6.58. The van der Waals surface area contributed by atoms with E-state index in [1.54, 1.807) is 30.2 Å². The SMILES string of the molecule is Cc1onc(-c2c(Cl)cccc2Cl)c1N1C(=O)ON(c2ccccc2)C1c1cc2ccccc2[nH]1. The second-order valence-corrected chi connectivity index (χ2v) is 8.92. The molecule has 6 rings (SSSR count). The van der Waals surface area contributed by atoms with Gasteiger partial charge in [-0.25, -0.2) is 9.69 Å².